The summed E-state index contributed by atoms with van der Waals surface area (Å²) in [5.74, 6) is -1.70. The van der Waals surface area contributed by atoms with E-state index >= 15 is 0 Å². The van der Waals surface area contributed by atoms with Crippen LogP contribution in [0.5, 0.6) is 0 Å². The largest absolute Gasteiger partial charge is 0.401 e. The molecule has 0 aliphatic heterocycles. The highest BCUT2D eigenvalue weighted by molar-refractivity contribution is 5.94. The molecule has 0 N–H and O–H groups in total. The molecule has 0 radical (unpaired) electrons. The zero-order valence-corrected chi connectivity index (χ0v) is 6.19. The number of alkyl halides is 2. The molecule has 11 heavy (non-hydrogen) atoms. The summed E-state index contributed by atoms with van der Waals surface area (Å²) in [5, 5.41) is 0. The average Bonchev–Trinajstić information content (AvgIpc) is 1.53. The minimum absolute atomic E-state index is 0.436. The van der Waals surface area contributed by atoms with E-state index < -0.39 is 24.3 Å². The Morgan fingerprint density at radius 1 is 1.45 bits per heavy atom. The van der Waals surface area contributed by atoms with Crippen LogP contribution in [0.15, 0.2) is 0 Å². The summed E-state index contributed by atoms with van der Waals surface area (Å²) < 4.78 is 27.3. The van der Waals surface area contributed by atoms with Gasteiger partial charge < -0.3 is 4.74 Å². The second-order valence-electron chi connectivity index (χ2n) is 2.16. The molecule has 0 amide bonds. The van der Waals surface area contributed by atoms with Gasteiger partial charge in [-0.15, -0.1) is 0 Å². The van der Waals surface area contributed by atoms with Crippen molar-refractivity contribution in [2.45, 2.75) is 26.4 Å². The van der Waals surface area contributed by atoms with E-state index in [1.54, 1.807) is 0 Å². The van der Waals surface area contributed by atoms with Crippen LogP contribution in [0.3, 0.4) is 0 Å². The maximum absolute atomic E-state index is 11.9. The van der Waals surface area contributed by atoms with Crippen molar-refractivity contribution in [1.29, 1.82) is 0 Å². The summed E-state index contributed by atoms with van der Waals surface area (Å²) in [6.45, 7) is 1.56. The van der Waals surface area contributed by atoms with E-state index in [2.05, 4.69) is 4.74 Å². The molecule has 0 bridgehead atoms. The molecule has 0 aromatic carbocycles. The topological polar surface area (TPSA) is 43.4 Å². The van der Waals surface area contributed by atoms with E-state index in [1.165, 1.54) is 0 Å². The average molecular weight is 166 g/mol. The van der Waals surface area contributed by atoms with Crippen molar-refractivity contribution in [1.82, 2.24) is 0 Å². The lowest BCUT2D eigenvalue weighted by Crippen LogP contribution is -2.22. The van der Waals surface area contributed by atoms with Crippen molar-refractivity contribution in [3.63, 3.8) is 0 Å². The zero-order valence-electron chi connectivity index (χ0n) is 6.19. The van der Waals surface area contributed by atoms with Gasteiger partial charge in [-0.1, -0.05) is 0 Å². The predicted octanol–water partition coefficient (Wildman–Crippen LogP) is 1.12. The number of hydrogen-bond acceptors (Lipinski definition) is 3. The van der Waals surface area contributed by atoms with E-state index in [9.17, 15) is 18.4 Å². The van der Waals surface area contributed by atoms with Gasteiger partial charge in [0, 0.05) is 6.92 Å². The highest BCUT2D eigenvalue weighted by atomic mass is 19.3. The highest BCUT2D eigenvalue weighted by Crippen LogP contribution is 2.13. The van der Waals surface area contributed by atoms with Crippen LogP contribution in [-0.4, -0.2) is 17.9 Å². The molecule has 0 aromatic heterocycles. The van der Waals surface area contributed by atoms with Gasteiger partial charge >= 0.3 is 12.1 Å². The Morgan fingerprint density at radius 3 is 2.18 bits per heavy atom. The number of carbonyl (C=O) groups is 2. The smallest absolute Gasteiger partial charge is 0.396 e. The molecule has 0 aliphatic carbocycles. The van der Waals surface area contributed by atoms with Crippen molar-refractivity contribution in [2.24, 2.45) is 0 Å². The summed E-state index contributed by atoms with van der Waals surface area (Å²) >= 11 is 0. The van der Waals surface area contributed by atoms with Gasteiger partial charge in [0.2, 0.25) is 0 Å². The number of esters is 1. The van der Waals surface area contributed by atoms with E-state index in [4.69, 9.17) is 0 Å². The van der Waals surface area contributed by atoms with Crippen molar-refractivity contribution in [3.8, 4) is 0 Å². The molecule has 5 heteroatoms. The summed E-state index contributed by atoms with van der Waals surface area (Å²) in [4.78, 5) is 20.5. The molecule has 0 heterocycles. The molecule has 0 fully saturated rings. The Labute approximate surface area is 62.3 Å². The molecule has 0 rings (SSSR count). The van der Waals surface area contributed by atoms with Gasteiger partial charge in [0.25, 0.3) is 0 Å². The number of ketones is 1. The Kier molecular flexibility index (Phi) is 3.10. The molecule has 0 saturated carbocycles. The molecule has 0 atom stereocenters. The first-order valence-electron chi connectivity index (χ1n) is 2.90. The molecular weight excluding hydrogens is 158 g/mol. The SMILES string of the molecule is CC(=O)CC(=O)OC(C)(F)F. The van der Waals surface area contributed by atoms with Crippen molar-refractivity contribution < 1.29 is 23.1 Å². The van der Waals surface area contributed by atoms with Crippen LogP contribution >= 0.6 is 0 Å². The fourth-order valence-corrected chi connectivity index (χ4v) is 0.439. The van der Waals surface area contributed by atoms with Crippen LogP contribution in [0.4, 0.5) is 8.78 Å². The minimum Gasteiger partial charge on any atom is -0.401 e. The first kappa shape index (κ1) is 10.0. The fraction of sp³-hybridized carbons (Fsp3) is 0.667. The van der Waals surface area contributed by atoms with Crippen LogP contribution in [-0.2, 0) is 14.3 Å². The van der Waals surface area contributed by atoms with E-state index in [0.29, 0.717) is 6.92 Å². The third kappa shape index (κ3) is 6.89. The van der Waals surface area contributed by atoms with Crippen LogP contribution in [0.1, 0.15) is 20.3 Å². The molecule has 0 aromatic rings. The number of rotatable bonds is 3. The monoisotopic (exact) mass is 166 g/mol. The van der Waals surface area contributed by atoms with Gasteiger partial charge in [-0.25, -0.2) is 0 Å². The third-order valence-electron chi connectivity index (χ3n) is 0.686. The summed E-state index contributed by atoms with van der Waals surface area (Å²) in [6, 6.07) is 0. The van der Waals surface area contributed by atoms with Gasteiger partial charge in [0.05, 0.1) is 0 Å². The molecule has 0 unspecified atom stereocenters. The molecule has 0 spiro atoms. The van der Waals surface area contributed by atoms with Gasteiger partial charge in [0.1, 0.15) is 12.2 Å². The maximum atomic E-state index is 11.9. The Morgan fingerprint density at radius 2 is 1.91 bits per heavy atom. The normalized spacial score (nSPS) is 10.9. The maximum Gasteiger partial charge on any atom is 0.396 e. The highest BCUT2D eigenvalue weighted by Gasteiger charge is 2.26. The van der Waals surface area contributed by atoms with E-state index in [0.717, 1.165) is 6.92 Å². The van der Waals surface area contributed by atoms with E-state index in [1.807, 2.05) is 0 Å². The zero-order chi connectivity index (χ0) is 9.07. The van der Waals surface area contributed by atoms with Crippen LogP contribution in [0.25, 0.3) is 0 Å². The van der Waals surface area contributed by atoms with Gasteiger partial charge in [-0.2, -0.15) is 8.78 Å². The molecule has 64 valence electrons. The minimum atomic E-state index is -3.49. The quantitative estimate of drug-likeness (QED) is 0.466. The number of carbonyl (C=O) groups excluding carboxylic acids is 2. The molecule has 3 nitrogen and oxygen atoms in total. The second kappa shape index (κ2) is 3.41. The lowest BCUT2D eigenvalue weighted by Gasteiger charge is -2.09. The number of halogens is 2. The second-order valence-corrected chi connectivity index (χ2v) is 2.16. The molecule has 0 aliphatic rings. The van der Waals surface area contributed by atoms with Crippen molar-refractivity contribution in [2.75, 3.05) is 0 Å². The lowest BCUT2D eigenvalue weighted by molar-refractivity contribution is -0.222. The van der Waals surface area contributed by atoms with E-state index in [-0.39, 0.29) is 0 Å². The number of Topliss-reactive ketones (excluding diaryl/α,β-unsaturated/α-hetero) is 1. The number of hydrogen-bond donors (Lipinski definition) is 0. The first-order chi connectivity index (χ1) is 4.81. The Hall–Kier alpha value is -1.00. The Balaban J connectivity index is 3.80. The van der Waals surface area contributed by atoms with Crippen molar-refractivity contribution >= 4 is 11.8 Å². The fourth-order valence-electron chi connectivity index (χ4n) is 0.439. The summed E-state index contributed by atoms with van der Waals surface area (Å²) in [6.07, 6.45) is -4.10. The molecular formula is C6H8F2O3. The van der Waals surface area contributed by atoms with Gasteiger partial charge in [-0.3, -0.25) is 9.59 Å². The third-order valence-corrected chi connectivity index (χ3v) is 0.686. The standard InChI is InChI=1S/C6H8F2O3/c1-4(9)3-5(10)11-6(2,7)8/h3H2,1-2H3. The van der Waals surface area contributed by atoms with Crippen LogP contribution in [0, 0.1) is 0 Å². The first-order valence-corrected chi connectivity index (χ1v) is 2.90. The predicted molar refractivity (Wildman–Crippen MR) is 32.0 cm³/mol. The van der Waals surface area contributed by atoms with Crippen molar-refractivity contribution in [3.05, 3.63) is 0 Å². The van der Waals surface area contributed by atoms with Gasteiger partial charge in [-0.05, 0) is 6.92 Å². The summed E-state index contributed by atoms with van der Waals surface area (Å²) in [5.41, 5.74) is 0. The summed E-state index contributed by atoms with van der Waals surface area (Å²) in [7, 11) is 0. The molecule has 0 saturated heterocycles. The van der Waals surface area contributed by atoms with Crippen LogP contribution in [0.2, 0.25) is 0 Å². The lowest BCUT2D eigenvalue weighted by atomic mass is 10.3. The van der Waals surface area contributed by atoms with Crippen LogP contribution < -0.4 is 0 Å². The number of ether oxygens (including phenoxy) is 1. The Bertz CT molecular complexity index is 171. The van der Waals surface area contributed by atoms with Gasteiger partial charge in [0.15, 0.2) is 0 Å².